The molecule has 0 bridgehead atoms. The molecule has 256 valence electrons. The summed E-state index contributed by atoms with van der Waals surface area (Å²) in [6, 6.07) is 45.4. The topological polar surface area (TPSA) is 55.8 Å². The van der Waals surface area contributed by atoms with Crippen molar-refractivity contribution in [3.8, 4) is 33.4 Å². The Morgan fingerprint density at radius 1 is 0.577 bits per heavy atom. The summed E-state index contributed by atoms with van der Waals surface area (Å²) in [6.07, 6.45) is 5.49. The standard InChI is InChI=1S/C46H36ClNO4/c1-5-12-31(6-2)33-17-23-36(24-18-33)48(37-25-19-34(20-26-37)32-13-8-7-9-14-32)38-27-21-35(22-28-38)40-29-41(39-15-10-11-16-44(39)47)43(46(50)52-4)30-42(40)45(49)51-3/h5-30H,1-2H2,3-4H3/b31-12+. The van der Waals surface area contributed by atoms with Gasteiger partial charge < -0.3 is 14.4 Å². The fourth-order valence-corrected chi connectivity index (χ4v) is 6.42. The van der Waals surface area contributed by atoms with E-state index in [1.54, 1.807) is 18.2 Å². The van der Waals surface area contributed by atoms with Gasteiger partial charge in [0.1, 0.15) is 0 Å². The molecule has 0 fully saturated rings. The highest BCUT2D eigenvalue weighted by Gasteiger charge is 2.24. The minimum atomic E-state index is -0.595. The third-order valence-electron chi connectivity index (χ3n) is 8.78. The monoisotopic (exact) mass is 701 g/mol. The molecule has 52 heavy (non-hydrogen) atoms. The minimum Gasteiger partial charge on any atom is -0.465 e. The van der Waals surface area contributed by atoms with Crippen LogP contribution in [0, 0.1) is 0 Å². The number of methoxy groups -OCH3 is 2. The molecule has 6 aromatic carbocycles. The van der Waals surface area contributed by atoms with Crippen molar-refractivity contribution in [2.75, 3.05) is 19.1 Å². The normalized spacial score (nSPS) is 11.0. The van der Waals surface area contributed by atoms with Crippen LogP contribution in [0.25, 0.3) is 39.0 Å². The van der Waals surface area contributed by atoms with E-state index >= 15 is 0 Å². The van der Waals surface area contributed by atoms with E-state index < -0.39 is 11.9 Å². The van der Waals surface area contributed by atoms with Crippen LogP contribution in [0.1, 0.15) is 26.3 Å². The zero-order valence-corrected chi connectivity index (χ0v) is 29.6. The molecule has 0 spiro atoms. The van der Waals surface area contributed by atoms with Crippen molar-refractivity contribution in [2.24, 2.45) is 0 Å². The molecule has 0 radical (unpaired) electrons. The maximum absolute atomic E-state index is 13.2. The molecule has 0 aromatic heterocycles. The second kappa shape index (κ2) is 16.1. The summed E-state index contributed by atoms with van der Waals surface area (Å²) in [5.74, 6) is -1.18. The van der Waals surface area contributed by atoms with Crippen LogP contribution in [-0.4, -0.2) is 26.2 Å². The molecule has 0 aliphatic heterocycles. The number of ether oxygens (including phenoxy) is 2. The number of benzene rings is 6. The average Bonchev–Trinajstić information content (AvgIpc) is 3.20. The van der Waals surface area contributed by atoms with Gasteiger partial charge in [-0.1, -0.05) is 128 Å². The summed E-state index contributed by atoms with van der Waals surface area (Å²) in [7, 11) is 2.61. The fraction of sp³-hybridized carbons (Fsp3) is 0.0435. The molecule has 0 amide bonds. The van der Waals surface area contributed by atoms with Crippen LogP contribution in [0.15, 0.2) is 171 Å². The first-order valence-electron chi connectivity index (χ1n) is 16.6. The molecule has 0 atom stereocenters. The number of carbonyl (C=O) groups is 2. The second-order valence-corrected chi connectivity index (χ2v) is 12.2. The van der Waals surface area contributed by atoms with Gasteiger partial charge in [-0.15, -0.1) is 0 Å². The number of allylic oxidation sites excluding steroid dienone is 4. The Bertz CT molecular complexity index is 2270. The number of esters is 2. The quantitative estimate of drug-likeness (QED) is 0.0994. The van der Waals surface area contributed by atoms with Gasteiger partial charge in [-0.3, -0.25) is 0 Å². The largest absolute Gasteiger partial charge is 0.465 e. The van der Waals surface area contributed by atoms with E-state index in [0.29, 0.717) is 21.7 Å². The lowest BCUT2D eigenvalue weighted by Gasteiger charge is -2.26. The van der Waals surface area contributed by atoms with Crippen molar-refractivity contribution in [1.29, 1.82) is 0 Å². The molecule has 0 aliphatic rings. The van der Waals surface area contributed by atoms with Gasteiger partial charge >= 0.3 is 11.9 Å². The highest BCUT2D eigenvalue weighted by molar-refractivity contribution is 6.33. The molecule has 6 rings (SSSR count). The fourth-order valence-electron chi connectivity index (χ4n) is 6.18. The number of hydrogen-bond acceptors (Lipinski definition) is 5. The maximum Gasteiger partial charge on any atom is 0.338 e. The zero-order chi connectivity index (χ0) is 36.6. The van der Waals surface area contributed by atoms with Crippen molar-refractivity contribution >= 4 is 46.2 Å². The zero-order valence-electron chi connectivity index (χ0n) is 28.9. The lowest BCUT2D eigenvalue weighted by molar-refractivity contribution is 0.0600. The highest BCUT2D eigenvalue weighted by Crippen LogP contribution is 2.40. The van der Waals surface area contributed by atoms with Crippen molar-refractivity contribution in [3.63, 3.8) is 0 Å². The Kier molecular flexibility index (Phi) is 10.9. The van der Waals surface area contributed by atoms with E-state index in [0.717, 1.165) is 44.9 Å². The van der Waals surface area contributed by atoms with Crippen LogP contribution in [0.4, 0.5) is 17.1 Å². The molecule has 0 aliphatic carbocycles. The Labute approximate surface area is 309 Å². The Balaban J connectivity index is 1.47. The third-order valence-corrected chi connectivity index (χ3v) is 9.11. The van der Waals surface area contributed by atoms with Crippen molar-refractivity contribution in [2.45, 2.75) is 0 Å². The molecule has 0 saturated carbocycles. The van der Waals surface area contributed by atoms with Crippen LogP contribution in [0.5, 0.6) is 0 Å². The van der Waals surface area contributed by atoms with E-state index in [1.165, 1.54) is 20.3 Å². The number of nitrogens with zero attached hydrogens (tertiary/aromatic N) is 1. The maximum atomic E-state index is 13.2. The Morgan fingerprint density at radius 3 is 1.62 bits per heavy atom. The van der Waals surface area contributed by atoms with E-state index in [2.05, 4.69) is 78.7 Å². The average molecular weight is 702 g/mol. The number of anilines is 3. The predicted octanol–water partition coefficient (Wildman–Crippen LogP) is 12.1. The number of rotatable bonds is 11. The molecular weight excluding hydrogens is 666 g/mol. The first-order valence-corrected chi connectivity index (χ1v) is 17.0. The summed E-state index contributed by atoms with van der Waals surface area (Å²) >= 11 is 6.61. The van der Waals surface area contributed by atoms with E-state index in [-0.39, 0.29) is 11.1 Å². The predicted molar refractivity (Wildman–Crippen MR) is 213 cm³/mol. The number of hydrogen-bond donors (Lipinski definition) is 0. The summed E-state index contributed by atoms with van der Waals surface area (Å²) in [4.78, 5) is 28.3. The smallest absolute Gasteiger partial charge is 0.338 e. The van der Waals surface area contributed by atoms with E-state index in [1.807, 2.05) is 72.8 Å². The summed E-state index contributed by atoms with van der Waals surface area (Å²) < 4.78 is 10.3. The van der Waals surface area contributed by atoms with Gasteiger partial charge in [0.25, 0.3) is 0 Å². The van der Waals surface area contributed by atoms with Crippen molar-refractivity contribution < 1.29 is 19.1 Å². The SMILES string of the molecule is C=C/C=C(\C=C)c1ccc(N(c2ccc(-c3ccccc3)cc2)c2ccc(-c3cc(-c4ccccc4Cl)c(C(=O)OC)cc3C(=O)OC)cc2)cc1. The Hall–Kier alpha value is -6.43. The van der Waals surface area contributed by atoms with E-state index in [4.69, 9.17) is 21.1 Å². The van der Waals surface area contributed by atoms with Gasteiger partial charge in [-0.05, 0) is 93.6 Å². The van der Waals surface area contributed by atoms with Gasteiger partial charge in [-0.2, -0.15) is 0 Å². The van der Waals surface area contributed by atoms with Gasteiger partial charge in [0.15, 0.2) is 0 Å². The first-order chi connectivity index (χ1) is 25.4. The first kappa shape index (κ1) is 35.4. The Morgan fingerprint density at radius 2 is 1.08 bits per heavy atom. The van der Waals surface area contributed by atoms with Gasteiger partial charge in [-0.25, -0.2) is 9.59 Å². The van der Waals surface area contributed by atoms with E-state index in [9.17, 15) is 9.59 Å². The van der Waals surface area contributed by atoms with Crippen LogP contribution < -0.4 is 4.90 Å². The molecule has 6 heteroatoms. The molecule has 5 nitrogen and oxygen atoms in total. The van der Waals surface area contributed by atoms with Crippen molar-refractivity contribution in [3.05, 3.63) is 193 Å². The van der Waals surface area contributed by atoms with Crippen LogP contribution >= 0.6 is 11.6 Å². The number of halogens is 1. The van der Waals surface area contributed by atoms with Gasteiger partial charge in [0.05, 0.1) is 25.3 Å². The summed E-state index contributed by atoms with van der Waals surface area (Å²) in [5, 5.41) is 0.458. The lowest BCUT2D eigenvalue weighted by Crippen LogP contribution is -2.11. The minimum absolute atomic E-state index is 0.201. The van der Waals surface area contributed by atoms with Crippen LogP contribution in [-0.2, 0) is 9.47 Å². The van der Waals surface area contributed by atoms with Crippen LogP contribution in [0.2, 0.25) is 5.02 Å². The second-order valence-electron chi connectivity index (χ2n) is 11.8. The van der Waals surface area contributed by atoms with Crippen LogP contribution in [0.3, 0.4) is 0 Å². The molecule has 0 unspecified atom stereocenters. The summed E-state index contributed by atoms with van der Waals surface area (Å²) in [6.45, 7) is 7.79. The number of carbonyl (C=O) groups excluding carboxylic acids is 2. The molecule has 0 N–H and O–H groups in total. The van der Waals surface area contributed by atoms with Gasteiger partial charge in [0.2, 0.25) is 0 Å². The third kappa shape index (κ3) is 7.36. The van der Waals surface area contributed by atoms with Gasteiger partial charge in [0, 0.05) is 27.6 Å². The molecule has 0 saturated heterocycles. The summed E-state index contributed by atoms with van der Waals surface area (Å²) in [5.41, 5.74) is 9.96. The lowest BCUT2D eigenvalue weighted by atomic mass is 9.90. The molecule has 0 heterocycles. The highest BCUT2D eigenvalue weighted by atomic mass is 35.5. The van der Waals surface area contributed by atoms with Crippen molar-refractivity contribution in [1.82, 2.24) is 0 Å². The molecule has 6 aromatic rings. The molecular formula is C46H36ClNO4.